The van der Waals surface area contributed by atoms with Crippen LogP contribution in [0.5, 0.6) is 0 Å². The maximum atomic E-state index is 12.2. The summed E-state index contributed by atoms with van der Waals surface area (Å²) in [5.41, 5.74) is -0.499. The van der Waals surface area contributed by atoms with Crippen molar-refractivity contribution in [1.29, 1.82) is 0 Å². The summed E-state index contributed by atoms with van der Waals surface area (Å²) in [6.07, 6.45) is 1.53. The smallest absolute Gasteiger partial charge is 0.217 e. The van der Waals surface area contributed by atoms with Gasteiger partial charge in [0.05, 0.1) is 11.8 Å². The Labute approximate surface area is 91.1 Å². The molecule has 3 nitrogen and oxygen atoms in total. The molecule has 1 aromatic rings. The second-order valence-electron chi connectivity index (χ2n) is 4.04. The van der Waals surface area contributed by atoms with Crippen molar-refractivity contribution in [2.24, 2.45) is 0 Å². The molecule has 0 aliphatic heterocycles. The Morgan fingerprint density at radius 3 is 2.40 bits per heavy atom. The van der Waals surface area contributed by atoms with E-state index >= 15 is 0 Å². The molecule has 15 heavy (non-hydrogen) atoms. The molecule has 1 rings (SSSR count). The van der Waals surface area contributed by atoms with Gasteiger partial charge in [-0.3, -0.25) is 9.69 Å². The van der Waals surface area contributed by atoms with E-state index in [9.17, 15) is 4.79 Å². The summed E-state index contributed by atoms with van der Waals surface area (Å²) in [6, 6.07) is 3.46. The first-order valence-electron chi connectivity index (χ1n) is 5.37. The van der Waals surface area contributed by atoms with Crippen molar-refractivity contribution in [1.82, 2.24) is 4.90 Å². The van der Waals surface area contributed by atoms with Crippen molar-refractivity contribution in [3.8, 4) is 0 Å². The van der Waals surface area contributed by atoms with Crippen molar-refractivity contribution in [3.05, 3.63) is 24.2 Å². The Balaban J connectivity index is 2.90. The van der Waals surface area contributed by atoms with Crippen LogP contribution in [0.3, 0.4) is 0 Å². The molecular formula is C12H19NO2. The largest absolute Gasteiger partial charge is 0.461 e. The summed E-state index contributed by atoms with van der Waals surface area (Å²) >= 11 is 0. The van der Waals surface area contributed by atoms with Gasteiger partial charge >= 0.3 is 0 Å². The zero-order valence-electron chi connectivity index (χ0n) is 9.91. The molecule has 0 aliphatic carbocycles. The third kappa shape index (κ3) is 2.29. The van der Waals surface area contributed by atoms with E-state index in [0.717, 1.165) is 13.1 Å². The number of carbonyl (C=O) groups excluding carboxylic acids is 1. The number of hydrogen-bond acceptors (Lipinski definition) is 3. The quantitative estimate of drug-likeness (QED) is 0.699. The van der Waals surface area contributed by atoms with Gasteiger partial charge < -0.3 is 4.42 Å². The van der Waals surface area contributed by atoms with Crippen LogP contribution in [-0.4, -0.2) is 29.3 Å². The first kappa shape index (κ1) is 12.0. The van der Waals surface area contributed by atoms with Gasteiger partial charge in [-0.2, -0.15) is 0 Å². The summed E-state index contributed by atoms with van der Waals surface area (Å²) in [7, 11) is 0. The number of likely N-dealkylation sites (N-methyl/N-ethyl adjacent to an activating group) is 1. The standard InChI is InChI=1S/C12H19NO2/c1-5-13(6-2)12(3,4)11(14)10-8-7-9-15-10/h7-9H,5-6H2,1-4H3. The van der Waals surface area contributed by atoms with Gasteiger partial charge in [-0.25, -0.2) is 0 Å². The van der Waals surface area contributed by atoms with E-state index < -0.39 is 5.54 Å². The molecule has 3 heteroatoms. The highest BCUT2D eigenvalue weighted by molar-refractivity contribution is 6.00. The van der Waals surface area contributed by atoms with Crippen molar-refractivity contribution >= 4 is 5.78 Å². The van der Waals surface area contributed by atoms with Gasteiger partial charge in [0.15, 0.2) is 5.76 Å². The second kappa shape index (κ2) is 4.62. The number of Topliss-reactive ketones (excluding diaryl/α,β-unsaturated/α-hetero) is 1. The summed E-state index contributed by atoms with van der Waals surface area (Å²) in [5, 5.41) is 0. The minimum atomic E-state index is -0.499. The van der Waals surface area contributed by atoms with Gasteiger partial charge in [-0.05, 0) is 39.1 Å². The van der Waals surface area contributed by atoms with Gasteiger partial charge in [0, 0.05) is 0 Å². The number of ketones is 1. The lowest BCUT2D eigenvalue weighted by molar-refractivity contribution is 0.0639. The average Bonchev–Trinajstić information content (AvgIpc) is 2.70. The van der Waals surface area contributed by atoms with Crippen LogP contribution >= 0.6 is 0 Å². The lowest BCUT2D eigenvalue weighted by Gasteiger charge is -2.34. The lowest BCUT2D eigenvalue weighted by atomic mass is 9.95. The van der Waals surface area contributed by atoms with E-state index in [1.165, 1.54) is 6.26 Å². The van der Waals surface area contributed by atoms with Gasteiger partial charge in [-0.15, -0.1) is 0 Å². The Hall–Kier alpha value is -1.09. The summed E-state index contributed by atoms with van der Waals surface area (Å²) in [5.74, 6) is 0.475. The normalized spacial score (nSPS) is 12.1. The third-order valence-corrected chi connectivity index (χ3v) is 2.85. The minimum Gasteiger partial charge on any atom is -0.461 e. The highest BCUT2D eigenvalue weighted by atomic mass is 16.3. The minimum absolute atomic E-state index is 0.0381. The van der Waals surface area contributed by atoms with Crippen LogP contribution in [0.25, 0.3) is 0 Å². The summed E-state index contributed by atoms with van der Waals surface area (Å²) in [4.78, 5) is 14.3. The lowest BCUT2D eigenvalue weighted by Crippen LogP contribution is -2.49. The zero-order valence-corrected chi connectivity index (χ0v) is 9.91. The van der Waals surface area contributed by atoms with Gasteiger partial charge in [-0.1, -0.05) is 13.8 Å². The molecule has 1 heterocycles. The Kier molecular flexibility index (Phi) is 3.69. The molecule has 84 valence electrons. The van der Waals surface area contributed by atoms with Crippen molar-refractivity contribution in [3.63, 3.8) is 0 Å². The van der Waals surface area contributed by atoms with Crippen LogP contribution in [-0.2, 0) is 0 Å². The van der Waals surface area contributed by atoms with Crippen LogP contribution in [0, 0.1) is 0 Å². The first-order chi connectivity index (χ1) is 7.04. The van der Waals surface area contributed by atoms with Crippen LogP contribution in [0.1, 0.15) is 38.2 Å². The maximum absolute atomic E-state index is 12.2. The van der Waals surface area contributed by atoms with E-state index in [2.05, 4.69) is 18.7 Å². The van der Waals surface area contributed by atoms with E-state index in [4.69, 9.17) is 4.42 Å². The molecule has 0 saturated heterocycles. The van der Waals surface area contributed by atoms with Crippen LogP contribution in [0.2, 0.25) is 0 Å². The molecule has 0 bridgehead atoms. The van der Waals surface area contributed by atoms with Crippen molar-refractivity contribution < 1.29 is 9.21 Å². The Morgan fingerprint density at radius 1 is 1.40 bits per heavy atom. The SMILES string of the molecule is CCN(CC)C(C)(C)C(=O)c1ccco1. The molecule has 0 aromatic carbocycles. The third-order valence-electron chi connectivity index (χ3n) is 2.85. The predicted molar refractivity (Wildman–Crippen MR) is 60.0 cm³/mol. The summed E-state index contributed by atoms with van der Waals surface area (Å²) < 4.78 is 5.14. The molecule has 0 N–H and O–H groups in total. The van der Waals surface area contributed by atoms with Crippen molar-refractivity contribution in [2.45, 2.75) is 33.2 Å². The van der Waals surface area contributed by atoms with E-state index in [-0.39, 0.29) is 5.78 Å². The molecule has 0 spiro atoms. The maximum Gasteiger partial charge on any atom is 0.217 e. The topological polar surface area (TPSA) is 33.5 Å². The molecule has 1 aromatic heterocycles. The fraction of sp³-hybridized carbons (Fsp3) is 0.583. The Morgan fingerprint density at radius 2 is 2.00 bits per heavy atom. The molecule has 0 fully saturated rings. The van der Waals surface area contributed by atoms with Gasteiger partial charge in [0.2, 0.25) is 5.78 Å². The molecule has 0 aliphatic rings. The van der Waals surface area contributed by atoms with Crippen LogP contribution in [0.15, 0.2) is 22.8 Å². The Bertz CT molecular complexity index is 310. The number of furan rings is 1. The molecule has 0 atom stereocenters. The van der Waals surface area contributed by atoms with Crippen molar-refractivity contribution in [2.75, 3.05) is 13.1 Å². The summed E-state index contributed by atoms with van der Waals surface area (Å²) in [6.45, 7) is 9.70. The first-order valence-corrected chi connectivity index (χ1v) is 5.37. The van der Waals surface area contributed by atoms with Crippen LogP contribution < -0.4 is 0 Å². The molecule has 0 amide bonds. The molecule has 0 saturated carbocycles. The molecule has 0 radical (unpaired) electrons. The fourth-order valence-electron chi connectivity index (χ4n) is 1.87. The molecule has 0 unspecified atom stereocenters. The highest BCUT2D eigenvalue weighted by Gasteiger charge is 2.34. The zero-order chi connectivity index (χ0) is 11.5. The van der Waals surface area contributed by atoms with Gasteiger partial charge in [0.25, 0.3) is 0 Å². The molecular weight excluding hydrogens is 190 g/mol. The van der Waals surface area contributed by atoms with E-state index in [0.29, 0.717) is 5.76 Å². The van der Waals surface area contributed by atoms with E-state index in [1.54, 1.807) is 12.1 Å². The highest BCUT2D eigenvalue weighted by Crippen LogP contribution is 2.20. The van der Waals surface area contributed by atoms with Gasteiger partial charge in [0.1, 0.15) is 0 Å². The number of carbonyl (C=O) groups is 1. The fourth-order valence-corrected chi connectivity index (χ4v) is 1.87. The van der Waals surface area contributed by atoms with E-state index in [1.807, 2.05) is 13.8 Å². The average molecular weight is 209 g/mol. The number of nitrogens with zero attached hydrogens (tertiary/aromatic N) is 1. The predicted octanol–water partition coefficient (Wildman–Crippen LogP) is 2.58. The number of hydrogen-bond donors (Lipinski definition) is 0. The number of rotatable bonds is 5. The van der Waals surface area contributed by atoms with Crippen LogP contribution in [0.4, 0.5) is 0 Å². The monoisotopic (exact) mass is 209 g/mol. The second-order valence-corrected chi connectivity index (χ2v) is 4.04.